The second-order valence-corrected chi connectivity index (χ2v) is 4.99. The molecule has 2 N–H and O–H groups in total. The number of nitrogens with zero attached hydrogens (tertiary/aromatic N) is 1. The Bertz CT molecular complexity index is 634. The van der Waals surface area contributed by atoms with Crippen molar-refractivity contribution >= 4 is 40.5 Å². The molecule has 0 radical (unpaired) electrons. The molecule has 0 aliphatic carbocycles. The van der Waals surface area contributed by atoms with Crippen molar-refractivity contribution in [3.8, 4) is 0 Å². The lowest BCUT2D eigenvalue weighted by atomic mass is 10.2. The molecule has 19 heavy (non-hydrogen) atoms. The van der Waals surface area contributed by atoms with Crippen LogP contribution in [0.4, 0.5) is 5.69 Å². The van der Waals surface area contributed by atoms with Crippen LogP contribution in [0.2, 0.25) is 5.02 Å². The van der Waals surface area contributed by atoms with Crippen LogP contribution in [0.25, 0.3) is 0 Å². The number of anilines is 1. The van der Waals surface area contributed by atoms with E-state index in [4.69, 9.17) is 16.7 Å². The minimum absolute atomic E-state index is 0.0803. The molecule has 0 saturated carbocycles. The van der Waals surface area contributed by atoms with Crippen LogP contribution in [-0.4, -0.2) is 22.0 Å². The van der Waals surface area contributed by atoms with E-state index < -0.39 is 11.9 Å². The van der Waals surface area contributed by atoms with E-state index in [9.17, 15) is 9.59 Å². The summed E-state index contributed by atoms with van der Waals surface area (Å²) < 4.78 is 0. The van der Waals surface area contributed by atoms with Crippen molar-refractivity contribution in [2.24, 2.45) is 0 Å². The number of halogens is 1. The van der Waals surface area contributed by atoms with Crippen molar-refractivity contribution < 1.29 is 14.7 Å². The van der Waals surface area contributed by atoms with Gasteiger partial charge < -0.3 is 10.4 Å². The maximum atomic E-state index is 11.9. The highest BCUT2D eigenvalue weighted by atomic mass is 35.5. The van der Waals surface area contributed by atoms with Gasteiger partial charge in [0, 0.05) is 5.38 Å². The number of carbonyl (C=O) groups is 2. The fourth-order valence-electron chi connectivity index (χ4n) is 1.43. The van der Waals surface area contributed by atoms with E-state index >= 15 is 0 Å². The van der Waals surface area contributed by atoms with Crippen LogP contribution in [0.3, 0.4) is 0 Å². The molecule has 1 aromatic carbocycles. The second kappa shape index (κ2) is 5.38. The van der Waals surface area contributed by atoms with E-state index in [0.717, 1.165) is 16.9 Å². The largest absolute Gasteiger partial charge is 0.476 e. The van der Waals surface area contributed by atoms with E-state index in [2.05, 4.69) is 10.3 Å². The summed E-state index contributed by atoms with van der Waals surface area (Å²) in [6.07, 6.45) is 0. The van der Waals surface area contributed by atoms with Crippen LogP contribution in [0, 0.1) is 6.92 Å². The van der Waals surface area contributed by atoms with Crippen molar-refractivity contribution in [1.29, 1.82) is 0 Å². The standard InChI is InChI=1S/C12H9ClN2O3S/c1-6-3-2-4-7(13)9(6)15-10(16)11-14-8(5-19-11)12(17)18/h2-5H,1H3,(H,15,16)(H,17,18). The third-order valence-corrected chi connectivity index (χ3v) is 3.53. The van der Waals surface area contributed by atoms with Crippen molar-refractivity contribution in [1.82, 2.24) is 4.98 Å². The van der Waals surface area contributed by atoms with Crippen LogP contribution < -0.4 is 5.32 Å². The SMILES string of the molecule is Cc1cccc(Cl)c1NC(=O)c1nc(C(=O)O)cs1. The Kier molecular flexibility index (Phi) is 3.82. The lowest BCUT2D eigenvalue weighted by molar-refractivity contribution is 0.0691. The summed E-state index contributed by atoms with van der Waals surface area (Å²) >= 11 is 6.96. The van der Waals surface area contributed by atoms with Gasteiger partial charge in [-0.15, -0.1) is 11.3 Å². The molecule has 2 aromatic rings. The molecule has 1 aromatic heterocycles. The molecule has 0 fully saturated rings. The molecule has 98 valence electrons. The highest BCUT2D eigenvalue weighted by Crippen LogP contribution is 2.26. The number of aromatic nitrogens is 1. The van der Waals surface area contributed by atoms with E-state index in [1.54, 1.807) is 12.1 Å². The van der Waals surface area contributed by atoms with Crippen LogP contribution in [-0.2, 0) is 0 Å². The number of para-hydroxylation sites is 1. The molecule has 0 atom stereocenters. The van der Waals surface area contributed by atoms with Gasteiger partial charge in [-0.3, -0.25) is 4.79 Å². The zero-order valence-electron chi connectivity index (χ0n) is 9.81. The van der Waals surface area contributed by atoms with Gasteiger partial charge in [0.25, 0.3) is 5.91 Å². The lowest BCUT2D eigenvalue weighted by Crippen LogP contribution is -2.13. The average molecular weight is 297 g/mol. The summed E-state index contributed by atoms with van der Waals surface area (Å²) in [4.78, 5) is 26.4. The maximum Gasteiger partial charge on any atom is 0.355 e. The Labute approximate surface area is 117 Å². The lowest BCUT2D eigenvalue weighted by Gasteiger charge is -2.08. The summed E-state index contributed by atoms with van der Waals surface area (Å²) in [5.74, 6) is -1.64. The molecule has 0 spiro atoms. The van der Waals surface area contributed by atoms with E-state index in [-0.39, 0.29) is 10.7 Å². The van der Waals surface area contributed by atoms with Crippen molar-refractivity contribution in [3.63, 3.8) is 0 Å². The molecule has 1 heterocycles. The Morgan fingerprint density at radius 2 is 2.16 bits per heavy atom. The Morgan fingerprint density at radius 3 is 2.74 bits per heavy atom. The van der Waals surface area contributed by atoms with Gasteiger partial charge in [-0.05, 0) is 18.6 Å². The minimum Gasteiger partial charge on any atom is -0.476 e. The number of thiazole rings is 1. The quantitative estimate of drug-likeness (QED) is 0.912. The minimum atomic E-state index is -1.16. The number of nitrogens with one attached hydrogen (secondary N) is 1. The number of rotatable bonds is 3. The first-order valence-corrected chi connectivity index (χ1v) is 6.50. The first-order valence-electron chi connectivity index (χ1n) is 5.24. The number of benzene rings is 1. The first-order chi connectivity index (χ1) is 8.99. The topological polar surface area (TPSA) is 79.3 Å². The first kappa shape index (κ1) is 13.5. The van der Waals surface area contributed by atoms with Crippen LogP contribution in [0.15, 0.2) is 23.6 Å². The smallest absolute Gasteiger partial charge is 0.355 e. The molecular formula is C12H9ClN2O3S. The zero-order valence-corrected chi connectivity index (χ0v) is 11.4. The van der Waals surface area contributed by atoms with E-state index in [0.29, 0.717) is 10.7 Å². The highest BCUT2D eigenvalue weighted by molar-refractivity contribution is 7.12. The van der Waals surface area contributed by atoms with E-state index in [1.807, 2.05) is 13.0 Å². The van der Waals surface area contributed by atoms with Gasteiger partial charge >= 0.3 is 5.97 Å². The average Bonchev–Trinajstić information content (AvgIpc) is 2.83. The van der Waals surface area contributed by atoms with Gasteiger partial charge in [0.2, 0.25) is 0 Å². The number of carboxylic acids is 1. The Hall–Kier alpha value is -1.92. The molecule has 0 unspecified atom stereocenters. The third-order valence-electron chi connectivity index (χ3n) is 2.38. The number of aromatic carboxylic acids is 1. The molecule has 0 aliphatic heterocycles. The summed E-state index contributed by atoms with van der Waals surface area (Å²) in [5, 5.41) is 13.2. The summed E-state index contributed by atoms with van der Waals surface area (Å²) in [7, 11) is 0. The molecule has 0 bridgehead atoms. The Morgan fingerprint density at radius 1 is 1.42 bits per heavy atom. The number of aryl methyl sites for hydroxylation is 1. The van der Waals surface area contributed by atoms with Crippen LogP contribution >= 0.6 is 22.9 Å². The van der Waals surface area contributed by atoms with Gasteiger partial charge in [0.1, 0.15) is 0 Å². The van der Waals surface area contributed by atoms with Gasteiger partial charge in [0.05, 0.1) is 10.7 Å². The maximum absolute atomic E-state index is 11.9. The number of carbonyl (C=O) groups excluding carboxylic acids is 1. The normalized spacial score (nSPS) is 10.2. The molecule has 0 aliphatic rings. The van der Waals surface area contributed by atoms with Gasteiger partial charge in [-0.2, -0.15) is 0 Å². The predicted molar refractivity (Wildman–Crippen MR) is 73.2 cm³/mol. The third kappa shape index (κ3) is 2.91. The number of hydrogen-bond donors (Lipinski definition) is 2. The molecule has 7 heteroatoms. The second-order valence-electron chi connectivity index (χ2n) is 3.73. The fourth-order valence-corrected chi connectivity index (χ4v) is 2.39. The zero-order chi connectivity index (χ0) is 14.0. The molecule has 1 amide bonds. The van der Waals surface area contributed by atoms with Crippen LogP contribution in [0.1, 0.15) is 25.9 Å². The summed E-state index contributed by atoms with van der Waals surface area (Å²) in [6, 6.07) is 5.25. The summed E-state index contributed by atoms with van der Waals surface area (Å²) in [5.41, 5.74) is 1.17. The number of hydrogen-bond acceptors (Lipinski definition) is 4. The fraction of sp³-hybridized carbons (Fsp3) is 0.0833. The Balaban J connectivity index is 2.23. The molecule has 5 nitrogen and oxygen atoms in total. The number of amides is 1. The monoisotopic (exact) mass is 296 g/mol. The summed E-state index contributed by atoms with van der Waals surface area (Å²) in [6.45, 7) is 1.81. The molecule has 0 saturated heterocycles. The van der Waals surface area contributed by atoms with Crippen molar-refractivity contribution in [2.75, 3.05) is 5.32 Å². The highest BCUT2D eigenvalue weighted by Gasteiger charge is 2.16. The predicted octanol–water partition coefficient (Wildman–Crippen LogP) is 3.06. The molecule has 2 rings (SSSR count). The molecular weight excluding hydrogens is 288 g/mol. The van der Waals surface area contributed by atoms with Gasteiger partial charge in [0.15, 0.2) is 10.7 Å². The van der Waals surface area contributed by atoms with E-state index in [1.165, 1.54) is 5.38 Å². The number of carboxylic acid groups (broad SMARTS) is 1. The van der Waals surface area contributed by atoms with Crippen molar-refractivity contribution in [3.05, 3.63) is 44.9 Å². The van der Waals surface area contributed by atoms with Crippen molar-refractivity contribution in [2.45, 2.75) is 6.92 Å². The van der Waals surface area contributed by atoms with Crippen LogP contribution in [0.5, 0.6) is 0 Å². The van der Waals surface area contributed by atoms with Gasteiger partial charge in [-0.25, -0.2) is 9.78 Å². The van der Waals surface area contributed by atoms with Gasteiger partial charge in [-0.1, -0.05) is 23.7 Å².